The molecule has 0 saturated carbocycles. The molecule has 3 aromatic carbocycles. The number of rotatable bonds is 10. The Kier molecular flexibility index (Phi) is 8.16. The fraction of sp³-hybridized carbons (Fsp3) is 0.333. The minimum atomic E-state index is -0.946. The van der Waals surface area contributed by atoms with Crippen LogP contribution in [-0.4, -0.2) is 6.61 Å². The van der Waals surface area contributed by atoms with Crippen molar-refractivity contribution in [3.05, 3.63) is 88.7 Å². The van der Waals surface area contributed by atoms with Crippen LogP contribution in [0.25, 0.3) is 11.1 Å². The average molecular weight is 427 g/mol. The predicted molar refractivity (Wildman–Crippen MR) is 120 cm³/mol. The molecule has 0 saturated heterocycles. The Morgan fingerprint density at radius 3 is 2.16 bits per heavy atom. The molecule has 0 aromatic heterocycles. The predicted octanol–water partition coefficient (Wildman–Crippen LogP) is 7.82. The molecule has 0 unspecified atom stereocenters. The maximum atomic E-state index is 14.6. The second-order valence-electron chi connectivity index (χ2n) is 7.93. The highest BCUT2D eigenvalue weighted by Gasteiger charge is 2.16. The van der Waals surface area contributed by atoms with Gasteiger partial charge >= 0.3 is 0 Å². The zero-order valence-corrected chi connectivity index (χ0v) is 18.2. The van der Waals surface area contributed by atoms with Crippen LogP contribution in [-0.2, 0) is 12.8 Å². The summed E-state index contributed by atoms with van der Waals surface area (Å²) in [7, 11) is 0. The molecule has 0 fully saturated rings. The lowest BCUT2D eigenvalue weighted by Crippen LogP contribution is -2.01. The number of hydrogen-bond donors (Lipinski definition) is 0. The molecule has 0 aliphatic carbocycles. The van der Waals surface area contributed by atoms with Gasteiger partial charge in [0.25, 0.3) is 0 Å². The molecule has 0 bridgehead atoms. The summed E-state index contributed by atoms with van der Waals surface area (Å²) >= 11 is 0. The van der Waals surface area contributed by atoms with Crippen LogP contribution in [0.5, 0.6) is 5.75 Å². The minimum Gasteiger partial charge on any atom is -0.490 e. The lowest BCUT2D eigenvalue weighted by molar-refractivity contribution is 0.285. The highest BCUT2D eigenvalue weighted by Crippen LogP contribution is 2.30. The van der Waals surface area contributed by atoms with Gasteiger partial charge in [0.1, 0.15) is 5.82 Å². The smallest absolute Gasteiger partial charge is 0.201 e. The fourth-order valence-electron chi connectivity index (χ4n) is 3.51. The summed E-state index contributed by atoms with van der Waals surface area (Å²) < 4.78 is 48.2. The molecule has 4 heteroatoms. The van der Waals surface area contributed by atoms with Gasteiger partial charge in [-0.25, -0.2) is 8.78 Å². The van der Waals surface area contributed by atoms with Crippen molar-refractivity contribution < 1.29 is 17.9 Å². The molecule has 3 rings (SSSR count). The van der Waals surface area contributed by atoms with Crippen molar-refractivity contribution in [1.29, 1.82) is 0 Å². The van der Waals surface area contributed by atoms with E-state index in [1.54, 1.807) is 37.3 Å². The first-order valence-corrected chi connectivity index (χ1v) is 10.9. The monoisotopic (exact) mass is 426 g/mol. The van der Waals surface area contributed by atoms with Crippen LogP contribution in [0, 0.1) is 24.4 Å². The Morgan fingerprint density at radius 1 is 0.742 bits per heavy atom. The third-order valence-corrected chi connectivity index (χ3v) is 5.51. The van der Waals surface area contributed by atoms with Crippen molar-refractivity contribution in [2.24, 2.45) is 0 Å². The molecule has 1 nitrogen and oxygen atoms in total. The molecule has 0 heterocycles. The average Bonchev–Trinajstić information content (AvgIpc) is 2.78. The van der Waals surface area contributed by atoms with E-state index >= 15 is 0 Å². The summed E-state index contributed by atoms with van der Waals surface area (Å²) in [6, 6.07) is 15.7. The summed E-state index contributed by atoms with van der Waals surface area (Å²) in [5.74, 6) is -2.08. The first-order chi connectivity index (χ1) is 15.0. The Bertz CT molecular complexity index is 996. The van der Waals surface area contributed by atoms with Gasteiger partial charge in [0.2, 0.25) is 5.82 Å². The van der Waals surface area contributed by atoms with Gasteiger partial charge < -0.3 is 4.74 Å². The second kappa shape index (κ2) is 11.0. The van der Waals surface area contributed by atoms with Crippen LogP contribution in [0.15, 0.2) is 54.6 Å². The van der Waals surface area contributed by atoms with Crippen molar-refractivity contribution >= 4 is 0 Å². The first kappa shape index (κ1) is 22.9. The molecule has 0 N–H and O–H groups in total. The van der Waals surface area contributed by atoms with Crippen LogP contribution in [0.1, 0.15) is 49.3 Å². The zero-order valence-electron chi connectivity index (χ0n) is 18.2. The maximum Gasteiger partial charge on any atom is 0.201 e. The summed E-state index contributed by atoms with van der Waals surface area (Å²) in [5.41, 5.74) is 3.44. The normalized spacial score (nSPS) is 11.0. The van der Waals surface area contributed by atoms with Crippen LogP contribution in [0.3, 0.4) is 0 Å². The van der Waals surface area contributed by atoms with Gasteiger partial charge in [-0.15, -0.1) is 0 Å². The van der Waals surface area contributed by atoms with Gasteiger partial charge in [-0.1, -0.05) is 62.6 Å². The summed E-state index contributed by atoms with van der Waals surface area (Å²) in [4.78, 5) is 0. The molecule has 31 heavy (non-hydrogen) atoms. The van der Waals surface area contributed by atoms with E-state index in [1.165, 1.54) is 6.07 Å². The van der Waals surface area contributed by atoms with Crippen LogP contribution in [0.2, 0.25) is 0 Å². The molecule has 164 valence electrons. The number of hydrogen-bond acceptors (Lipinski definition) is 1. The topological polar surface area (TPSA) is 9.23 Å². The number of aryl methyl sites for hydroxylation is 3. The van der Waals surface area contributed by atoms with Gasteiger partial charge in [0.15, 0.2) is 11.6 Å². The molecule has 0 aliphatic heterocycles. The van der Waals surface area contributed by atoms with E-state index in [4.69, 9.17) is 4.74 Å². The van der Waals surface area contributed by atoms with Crippen molar-refractivity contribution in [2.45, 2.75) is 52.4 Å². The Labute approximate surface area is 182 Å². The van der Waals surface area contributed by atoms with E-state index in [2.05, 4.69) is 6.92 Å². The summed E-state index contributed by atoms with van der Waals surface area (Å²) in [6.45, 7) is 4.24. The molecule has 0 spiro atoms. The highest BCUT2D eigenvalue weighted by molar-refractivity contribution is 5.65. The van der Waals surface area contributed by atoms with E-state index in [0.717, 1.165) is 43.2 Å². The van der Waals surface area contributed by atoms with Crippen LogP contribution in [0.4, 0.5) is 13.2 Å². The maximum absolute atomic E-state index is 14.6. The highest BCUT2D eigenvalue weighted by atomic mass is 19.2. The Morgan fingerprint density at radius 2 is 1.45 bits per heavy atom. The van der Waals surface area contributed by atoms with E-state index in [0.29, 0.717) is 24.2 Å². The van der Waals surface area contributed by atoms with Crippen molar-refractivity contribution in [3.8, 4) is 16.9 Å². The van der Waals surface area contributed by atoms with E-state index in [-0.39, 0.29) is 17.1 Å². The summed E-state index contributed by atoms with van der Waals surface area (Å²) in [5, 5.41) is 0. The molecule has 3 aromatic rings. The molecule has 0 aliphatic rings. The SMILES string of the molecule is CCCCCCOc1ccc(-c2ccc(CCc3ccc(C)c(F)c3)cc2)c(F)c1F. The number of halogens is 3. The Hall–Kier alpha value is -2.75. The van der Waals surface area contributed by atoms with Gasteiger partial charge in [-0.2, -0.15) is 4.39 Å². The van der Waals surface area contributed by atoms with Gasteiger partial charge in [0, 0.05) is 5.56 Å². The van der Waals surface area contributed by atoms with Crippen molar-refractivity contribution in [2.75, 3.05) is 6.61 Å². The number of benzene rings is 3. The molecule has 0 atom stereocenters. The fourth-order valence-corrected chi connectivity index (χ4v) is 3.51. The molecule has 0 amide bonds. The van der Waals surface area contributed by atoms with Gasteiger partial charge in [-0.05, 0) is 66.6 Å². The number of unbranched alkanes of at least 4 members (excludes halogenated alkanes) is 3. The van der Waals surface area contributed by atoms with Gasteiger partial charge in [-0.3, -0.25) is 0 Å². The van der Waals surface area contributed by atoms with Crippen LogP contribution >= 0.6 is 0 Å². The number of ether oxygens (including phenoxy) is 1. The van der Waals surface area contributed by atoms with Gasteiger partial charge in [0.05, 0.1) is 6.61 Å². The van der Waals surface area contributed by atoms with Crippen molar-refractivity contribution in [1.82, 2.24) is 0 Å². The third kappa shape index (κ3) is 6.13. The van der Waals surface area contributed by atoms with E-state index in [9.17, 15) is 13.2 Å². The van der Waals surface area contributed by atoms with E-state index in [1.807, 2.05) is 18.2 Å². The molecular formula is C27H29F3O. The minimum absolute atomic E-state index is 0.0419. The first-order valence-electron chi connectivity index (χ1n) is 10.9. The zero-order chi connectivity index (χ0) is 22.2. The largest absolute Gasteiger partial charge is 0.490 e. The Balaban J connectivity index is 1.63. The lowest BCUT2D eigenvalue weighted by atomic mass is 9.99. The van der Waals surface area contributed by atoms with Crippen molar-refractivity contribution in [3.63, 3.8) is 0 Å². The summed E-state index contributed by atoms with van der Waals surface area (Å²) in [6.07, 6.45) is 5.52. The van der Waals surface area contributed by atoms with E-state index < -0.39 is 11.6 Å². The second-order valence-corrected chi connectivity index (χ2v) is 7.93. The molecule has 0 radical (unpaired) electrons. The van der Waals surface area contributed by atoms with Crippen LogP contribution < -0.4 is 4.74 Å². The quantitative estimate of drug-likeness (QED) is 0.300. The standard InChI is InChI=1S/C27H29F3O/c1-3-4-5-6-17-31-25-16-15-23(26(29)27(25)30)22-13-11-20(12-14-22)9-10-21-8-7-19(2)24(28)18-21/h7-8,11-16,18H,3-6,9-10,17H2,1-2H3. The lowest BCUT2D eigenvalue weighted by Gasteiger charge is -2.11. The molecular weight excluding hydrogens is 397 g/mol. The third-order valence-electron chi connectivity index (χ3n) is 5.51.